The number of nitrogens with zero attached hydrogens (tertiary/aromatic N) is 2. The van der Waals surface area contributed by atoms with E-state index in [1.165, 1.54) is 11.1 Å². The lowest BCUT2D eigenvalue weighted by Crippen LogP contribution is -2.08. The molecule has 0 bridgehead atoms. The molecule has 0 unspecified atom stereocenters. The third-order valence-electron chi connectivity index (χ3n) is 3.41. The van der Waals surface area contributed by atoms with Gasteiger partial charge in [0.1, 0.15) is 5.78 Å². The molecule has 0 saturated heterocycles. The standard InChI is InChI=1S/C16H20N2O/c1-12-6-4-5-7-14(12)8-9-16(19)11-15-10-13(2)17-18(15)3/h4-7,10H,8-9,11H2,1-3H3. The van der Waals surface area contributed by atoms with E-state index < -0.39 is 0 Å². The molecule has 1 aromatic heterocycles. The van der Waals surface area contributed by atoms with E-state index in [-0.39, 0.29) is 5.78 Å². The van der Waals surface area contributed by atoms with Crippen molar-refractivity contribution < 1.29 is 4.79 Å². The summed E-state index contributed by atoms with van der Waals surface area (Å²) in [6.07, 6.45) is 1.89. The Kier molecular flexibility index (Phi) is 4.15. The Morgan fingerprint density at radius 2 is 2.00 bits per heavy atom. The van der Waals surface area contributed by atoms with Crippen LogP contribution in [0.1, 0.15) is 28.9 Å². The van der Waals surface area contributed by atoms with Crippen molar-refractivity contribution >= 4 is 5.78 Å². The van der Waals surface area contributed by atoms with Crippen LogP contribution in [0.5, 0.6) is 0 Å². The second-order valence-electron chi connectivity index (χ2n) is 5.04. The molecule has 0 spiro atoms. The minimum atomic E-state index is 0.270. The van der Waals surface area contributed by atoms with Gasteiger partial charge in [-0.25, -0.2) is 0 Å². The number of carbonyl (C=O) groups is 1. The zero-order valence-electron chi connectivity index (χ0n) is 11.8. The van der Waals surface area contributed by atoms with Gasteiger partial charge in [0.05, 0.1) is 5.69 Å². The Balaban J connectivity index is 1.92. The zero-order valence-corrected chi connectivity index (χ0v) is 11.8. The van der Waals surface area contributed by atoms with Gasteiger partial charge < -0.3 is 0 Å². The number of benzene rings is 1. The highest BCUT2D eigenvalue weighted by atomic mass is 16.1. The topological polar surface area (TPSA) is 34.9 Å². The molecule has 1 heterocycles. The molecule has 0 aliphatic rings. The van der Waals surface area contributed by atoms with Crippen molar-refractivity contribution in [3.8, 4) is 0 Å². The largest absolute Gasteiger partial charge is 0.299 e. The smallest absolute Gasteiger partial charge is 0.139 e. The summed E-state index contributed by atoms with van der Waals surface area (Å²) in [6, 6.07) is 10.2. The maximum absolute atomic E-state index is 12.0. The van der Waals surface area contributed by atoms with E-state index in [2.05, 4.69) is 24.2 Å². The summed E-state index contributed by atoms with van der Waals surface area (Å²) in [5.74, 6) is 0.270. The van der Waals surface area contributed by atoms with Crippen molar-refractivity contribution in [1.29, 1.82) is 0 Å². The highest BCUT2D eigenvalue weighted by Gasteiger charge is 2.09. The number of aromatic nitrogens is 2. The van der Waals surface area contributed by atoms with Crippen LogP contribution in [0.2, 0.25) is 0 Å². The lowest BCUT2D eigenvalue weighted by Gasteiger charge is -2.05. The summed E-state index contributed by atoms with van der Waals surface area (Å²) in [7, 11) is 1.89. The number of aryl methyl sites for hydroxylation is 4. The molecule has 0 amide bonds. The minimum Gasteiger partial charge on any atom is -0.299 e. The maximum Gasteiger partial charge on any atom is 0.139 e. The summed E-state index contributed by atoms with van der Waals surface area (Å²) >= 11 is 0. The van der Waals surface area contributed by atoms with E-state index in [0.717, 1.165) is 17.8 Å². The number of Topliss-reactive ketones (excluding diaryl/α,β-unsaturated/α-hetero) is 1. The fourth-order valence-electron chi connectivity index (χ4n) is 2.28. The second kappa shape index (κ2) is 5.83. The number of hydrogen-bond acceptors (Lipinski definition) is 2. The van der Waals surface area contributed by atoms with Crippen molar-refractivity contribution in [2.45, 2.75) is 33.1 Å². The first-order valence-corrected chi connectivity index (χ1v) is 6.62. The predicted molar refractivity (Wildman–Crippen MR) is 76.2 cm³/mol. The number of carbonyl (C=O) groups excluding carboxylic acids is 1. The van der Waals surface area contributed by atoms with E-state index in [1.807, 2.05) is 32.2 Å². The fraction of sp³-hybridized carbons (Fsp3) is 0.375. The van der Waals surface area contributed by atoms with E-state index in [1.54, 1.807) is 4.68 Å². The van der Waals surface area contributed by atoms with Crippen LogP contribution in [0.15, 0.2) is 30.3 Å². The van der Waals surface area contributed by atoms with Crippen molar-refractivity contribution in [2.75, 3.05) is 0 Å². The van der Waals surface area contributed by atoms with Gasteiger partial charge in [0.15, 0.2) is 0 Å². The van der Waals surface area contributed by atoms with Crippen molar-refractivity contribution in [3.63, 3.8) is 0 Å². The summed E-state index contributed by atoms with van der Waals surface area (Å²) in [5.41, 5.74) is 4.47. The number of rotatable bonds is 5. The molecule has 0 atom stereocenters. The van der Waals surface area contributed by atoms with E-state index in [9.17, 15) is 4.79 Å². The molecule has 0 N–H and O–H groups in total. The lowest BCUT2D eigenvalue weighted by molar-refractivity contribution is -0.118. The predicted octanol–water partition coefficient (Wildman–Crippen LogP) is 2.78. The van der Waals surface area contributed by atoms with Crippen LogP contribution in [-0.2, 0) is 24.7 Å². The van der Waals surface area contributed by atoms with Gasteiger partial charge in [0, 0.05) is 25.6 Å². The quantitative estimate of drug-likeness (QED) is 0.824. The van der Waals surface area contributed by atoms with E-state index in [4.69, 9.17) is 0 Å². The molecule has 2 rings (SSSR count). The van der Waals surface area contributed by atoms with Crippen LogP contribution >= 0.6 is 0 Å². The molecule has 3 heteroatoms. The van der Waals surface area contributed by atoms with Gasteiger partial charge in [-0.1, -0.05) is 24.3 Å². The summed E-state index contributed by atoms with van der Waals surface area (Å²) in [5, 5.41) is 4.26. The van der Waals surface area contributed by atoms with E-state index >= 15 is 0 Å². The molecule has 100 valence electrons. The van der Waals surface area contributed by atoms with Crippen LogP contribution < -0.4 is 0 Å². The van der Waals surface area contributed by atoms with Crippen LogP contribution in [0, 0.1) is 13.8 Å². The molecular formula is C16H20N2O. The Bertz CT molecular complexity index is 584. The Morgan fingerprint density at radius 1 is 1.26 bits per heavy atom. The third-order valence-corrected chi connectivity index (χ3v) is 3.41. The molecule has 1 aromatic carbocycles. The van der Waals surface area contributed by atoms with Gasteiger partial charge in [-0.3, -0.25) is 9.48 Å². The average molecular weight is 256 g/mol. The van der Waals surface area contributed by atoms with Gasteiger partial charge in [0.25, 0.3) is 0 Å². The molecule has 0 aliphatic heterocycles. The highest BCUT2D eigenvalue weighted by molar-refractivity contribution is 5.80. The fourth-order valence-corrected chi connectivity index (χ4v) is 2.28. The Hall–Kier alpha value is -1.90. The highest BCUT2D eigenvalue weighted by Crippen LogP contribution is 2.11. The van der Waals surface area contributed by atoms with Crippen molar-refractivity contribution in [2.24, 2.45) is 7.05 Å². The lowest BCUT2D eigenvalue weighted by atomic mass is 10.0. The molecular weight excluding hydrogens is 236 g/mol. The first kappa shape index (κ1) is 13.5. The van der Waals surface area contributed by atoms with Crippen molar-refractivity contribution in [3.05, 3.63) is 52.8 Å². The summed E-state index contributed by atoms with van der Waals surface area (Å²) in [6.45, 7) is 4.03. The number of ketones is 1. The summed E-state index contributed by atoms with van der Waals surface area (Å²) in [4.78, 5) is 12.0. The minimum absolute atomic E-state index is 0.270. The van der Waals surface area contributed by atoms with Gasteiger partial charge in [0.2, 0.25) is 0 Å². The third kappa shape index (κ3) is 3.53. The monoisotopic (exact) mass is 256 g/mol. The molecule has 19 heavy (non-hydrogen) atoms. The van der Waals surface area contributed by atoms with Crippen LogP contribution in [0.3, 0.4) is 0 Å². The first-order valence-electron chi connectivity index (χ1n) is 6.62. The van der Waals surface area contributed by atoms with Crippen molar-refractivity contribution in [1.82, 2.24) is 9.78 Å². The van der Waals surface area contributed by atoms with Crippen LogP contribution in [0.25, 0.3) is 0 Å². The summed E-state index contributed by atoms with van der Waals surface area (Å²) < 4.78 is 1.79. The molecule has 3 nitrogen and oxygen atoms in total. The van der Waals surface area contributed by atoms with Gasteiger partial charge >= 0.3 is 0 Å². The van der Waals surface area contributed by atoms with Crippen LogP contribution in [-0.4, -0.2) is 15.6 Å². The Morgan fingerprint density at radius 3 is 2.63 bits per heavy atom. The van der Waals surface area contributed by atoms with E-state index in [0.29, 0.717) is 12.8 Å². The molecule has 2 aromatic rings. The zero-order chi connectivity index (χ0) is 13.8. The van der Waals surface area contributed by atoms with Gasteiger partial charge in [-0.15, -0.1) is 0 Å². The molecule has 0 radical (unpaired) electrons. The Labute approximate surface area is 114 Å². The number of hydrogen-bond donors (Lipinski definition) is 0. The average Bonchev–Trinajstić information content (AvgIpc) is 2.67. The molecule has 0 saturated carbocycles. The van der Waals surface area contributed by atoms with Crippen LogP contribution in [0.4, 0.5) is 0 Å². The SMILES string of the molecule is Cc1cc(CC(=O)CCc2ccccc2C)n(C)n1. The normalized spacial score (nSPS) is 10.7. The molecule has 0 fully saturated rings. The first-order chi connectivity index (χ1) is 9.06. The maximum atomic E-state index is 12.0. The second-order valence-corrected chi connectivity index (χ2v) is 5.04. The van der Waals surface area contributed by atoms with Gasteiger partial charge in [-0.05, 0) is 37.5 Å². The van der Waals surface area contributed by atoms with Gasteiger partial charge in [-0.2, -0.15) is 5.10 Å². The molecule has 0 aliphatic carbocycles.